The molecule has 1 aromatic carbocycles. The van der Waals surface area contributed by atoms with Gasteiger partial charge < -0.3 is 15.4 Å². The maximum absolute atomic E-state index is 11.3. The van der Waals surface area contributed by atoms with Crippen molar-refractivity contribution in [3.05, 3.63) is 29.8 Å². The van der Waals surface area contributed by atoms with Gasteiger partial charge in [-0.25, -0.2) is 0 Å². The van der Waals surface area contributed by atoms with E-state index in [4.69, 9.17) is 4.74 Å². The normalized spacial score (nSPS) is 25.3. The van der Waals surface area contributed by atoms with Crippen LogP contribution in [0, 0.1) is 0 Å². The average molecular weight is 289 g/mol. The van der Waals surface area contributed by atoms with Crippen molar-refractivity contribution in [2.75, 3.05) is 25.0 Å². The fourth-order valence-corrected chi connectivity index (χ4v) is 2.87. The zero-order valence-electron chi connectivity index (χ0n) is 12.0. The quantitative estimate of drug-likeness (QED) is 0.842. The summed E-state index contributed by atoms with van der Waals surface area (Å²) in [7, 11) is 0. The van der Waals surface area contributed by atoms with Crippen molar-refractivity contribution >= 4 is 17.5 Å². The van der Waals surface area contributed by atoms with Crippen LogP contribution in [0.25, 0.3) is 0 Å². The molecule has 0 saturated carbocycles. The average Bonchev–Trinajstić information content (AvgIpc) is 2.82. The summed E-state index contributed by atoms with van der Waals surface area (Å²) in [6, 6.07) is 7.92. The number of hydrogen-bond acceptors (Lipinski definition) is 4. The molecule has 2 aliphatic rings. The van der Waals surface area contributed by atoms with Crippen molar-refractivity contribution < 1.29 is 14.3 Å². The number of nitrogens with one attached hydrogen (secondary N) is 2. The van der Waals surface area contributed by atoms with Crippen LogP contribution < -0.4 is 10.6 Å². The van der Waals surface area contributed by atoms with Gasteiger partial charge in [0.15, 0.2) is 0 Å². The molecule has 0 spiro atoms. The molecule has 21 heavy (non-hydrogen) atoms. The van der Waals surface area contributed by atoms with Crippen LogP contribution in [0.5, 0.6) is 0 Å². The molecule has 0 aromatic heterocycles. The third-order valence-electron chi connectivity index (χ3n) is 3.80. The standard InChI is InChI=1S/C15H19N3O3/c1-10(19)16-12-4-2-11(3-5-12)6-18-7-13-14(8-18)21-9-15(20)17-13/h2-5,13-14H,6-9H2,1H3,(H,16,19)(H,17,20)/t13-,14+/m1/s1. The lowest BCUT2D eigenvalue weighted by Gasteiger charge is -2.25. The van der Waals surface area contributed by atoms with Crippen molar-refractivity contribution in [1.82, 2.24) is 10.2 Å². The van der Waals surface area contributed by atoms with Crippen molar-refractivity contribution in [3.8, 4) is 0 Å². The van der Waals surface area contributed by atoms with Crippen molar-refractivity contribution in [1.29, 1.82) is 0 Å². The van der Waals surface area contributed by atoms with E-state index in [1.54, 1.807) is 0 Å². The molecule has 0 unspecified atom stereocenters. The number of morpholine rings is 1. The molecule has 0 aliphatic carbocycles. The highest BCUT2D eigenvalue weighted by Crippen LogP contribution is 2.19. The van der Waals surface area contributed by atoms with Crippen molar-refractivity contribution in [2.45, 2.75) is 25.6 Å². The molecule has 3 rings (SSSR count). The fourth-order valence-electron chi connectivity index (χ4n) is 2.87. The Hall–Kier alpha value is -1.92. The summed E-state index contributed by atoms with van der Waals surface area (Å²) in [6.07, 6.45) is 0.0985. The van der Waals surface area contributed by atoms with Gasteiger partial charge in [-0.05, 0) is 17.7 Å². The molecule has 0 radical (unpaired) electrons. The van der Waals surface area contributed by atoms with E-state index in [-0.39, 0.29) is 30.6 Å². The minimum atomic E-state index is -0.0701. The summed E-state index contributed by atoms with van der Waals surface area (Å²) in [4.78, 5) is 24.6. The third-order valence-corrected chi connectivity index (χ3v) is 3.80. The van der Waals surface area contributed by atoms with E-state index in [0.29, 0.717) is 0 Å². The molecule has 0 bridgehead atoms. The molecule has 2 aliphatic heterocycles. The third kappa shape index (κ3) is 3.40. The largest absolute Gasteiger partial charge is 0.365 e. The highest BCUT2D eigenvalue weighted by Gasteiger charge is 2.37. The molecule has 1 aromatic rings. The smallest absolute Gasteiger partial charge is 0.246 e. The molecule has 112 valence electrons. The Balaban J connectivity index is 1.57. The summed E-state index contributed by atoms with van der Waals surface area (Å²) >= 11 is 0. The summed E-state index contributed by atoms with van der Waals surface area (Å²) < 4.78 is 5.54. The van der Waals surface area contributed by atoms with E-state index in [1.165, 1.54) is 12.5 Å². The van der Waals surface area contributed by atoms with Crippen LogP contribution in [-0.2, 0) is 20.9 Å². The van der Waals surface area contributed by atoms with Gasteiger partial charge in [0.2, 0.25) is 11.8 Å². The number of carbonyl (C=O) groups excluding carboxylic acids is 2. The Labute approximate surface area is 123 Å². The highest BCUT2D eigenvalue weighted by molar-refractivity contribution is 5.88. The first-order valence-corrected chi connectivity index (χ1v) is 7.10. The number of rotatable bonds is 3. The van der Waals surface area contributed by atoms with E-state index in [2.05, 4.69) is 15.5 Å². The summed E-state index contributed by atoms with van der Waals surface area (Å²) in [5.41, 5.74) is 1.98. The van der Waals surface area contributed by atoms with Gasteiger partial charge in [-0.1, -0.05) is 12.1 Å². The predicted octanol–water partition coefficient (Wildman–Crippen LogP) is 0.344. The number of benzene rings is 1. The zero-order valence-corrected chi connectivity index (χ0v) is 12.0. The molecule has 2 fully saturated rings. The number of ether oxygens (including phenoxy) is 1. The second-order valence-electron chi connectivity index (χ2n) is 5.60. The van der Waals surface area contributed by atoms with Gasteiger partial charge in [0, 0.05) is 32.2 Å². The van der Waals surface area contributed by atoms with Gasteiger partial charge in [-0.2, -0.15) is 0 Å². The first kappa shape index (κ1) is 14.0. The topological polar surface area (TPSA) is 70.7 Å². The minimum Gasteiger partial charge on any atom is -0.365 e. The Morgan fingerprint density at radius 3 is 2.86 bits per heavy atom. The number of carbonyl (C=O) groups is 2. The predicted molar refractivity (Wildman–Crippen MR) is 77.7 cm³/mol. The minimum absolute atomic E-state index is 0.0299. The molecule has 2 N–H and O–H groups in total. The van der Waals surface area contributed by atoms with E-state index >= 15 is 0 Å². The van der Waals surface area contributed by atoms with Crippen LogP contribution >= 0.6 is 0 Å². The van der Waals surface area contributed by atoms with Gasteiger partial charge in [0.1, 0.15) is 6.61 Å². The molecular formula is C15H19N3O3. The van der Waals surface area contributed by atoms with E-state index < -0.39 is 0 Å². The number of nitrogens with zero attached hydrogens (tertiary/aromatic N) is 1. The Morgan fingerprint density at radius 2 is 2.14 bits per heavy atom. The highest BCUT2D eigenvalue weighted by atomic mass is 16.5. The second kappa shape index (κ2) is 5.83. The van der Waals surface area contributed by atoms with Crippen molar-refractivity contribution in [2.24, 2.45) is 0 Å². The number of anilines is 1. The van der Waals surface area contributed by atoms with Gasteiger partial charge in [0.25, 0.3) is 0 Å². The number of fused-ring (bicyclic) bond motifs is 1. The first-order chi connectivity index (χ1) is 10.1. The van der Waals surface area contributed by atoms with Crippen LogP contribution in [0.2, 0.25) is 0 Å². The summed E-state index contributed by atoms with van der Waals surface area (Å²) in [6.45, 7) is 4.11. The summed E-state index contributed by atoms with van der Waals surface area (Å²) in [5.74, 6) is -0.1000. The van der Waals surface area contributed by atoms with Crippen LogP contribution in [0.1, 0.15) is 12.5 Å². The number of amides is 2. The van der Waals surface area contributed by atoms with Crippen LogP contribution in [-0.4, -0.2) is 48.6 Å². The van der Waals surface area contributed by atoms with E-state index in [0.717, 1.165) is 25.3 Å². The Morgan fingerprint density at radius 1 is 1.38 bits per heavy atom. The lowest BCUT2D eigenvalue weighted by Crippen LogP contribution is -2.50. The Kier molecular flexibility index (Phi) is 3.90. The maximum atomic E-state index is 11.3. The SMILES string of the molecule is CC(=O)Nc1ccc(CN2C[C@@H]3OCC(=O)N[C@@H]3C2)cc1. The number of likely N-dealkylation sites (tertiary alicyclic amines) is 1. The zero-order chi connectivity index (χ0) is 14.8. The maximum Gasteiger partial charge on any atom is 0.246 e. The monoisotopic (exact) mass is 289 g/mol. The lowest BCUT2D eigenvalue weighted by atomic mass is 10.2. The fraction of sp³-hybridized carbons (Fsp3) is 0.467. The van der Waals surface area contributed by atoms with Crippen LogP contribution in [0.4, 0.5) is 5.69 Å². The van der Waals surface area contributed by atoms with E-state index in [1.807, 2.05) is 24.3 Å². The molecular weight excluding hydrogens is 270 g/mol. The van der Waals surface area contributed by atoms with Crippen LogP contribution in [0.3, 0.4) is 0 Å². The van der Waals surface area contributed by atoms with Crippen LogP contribution in [0.15, 0.2) is 24.3 Å². The summed E-state index contributed by atoms with van der Waals surface area (Å²) in [5, 5.41) is 5.72. The second-order valence-corrected chi connectivity index (χ2v) is 5.60. The van der Waals surface area contributed by atoms with Gasteiger partial charge in [0.05, 0.1) is 12.1 Å². The molecule has 2 amide bonds. The van der Waals surface area contributed by atoms with Gasteiger partial charge >= 0.3 is 0 Å². The lowest BCUT2D eigenvalue weighted by molar-refractivity contribution is -0.134. The first-order valence-electron chi connectivity index (χ1n) is 7.10. The molecule has 2 heterocycles. The molecule has 6 heteroatoms. The van der Waals surface area contributed by atoms with Gasteiger partial charge in [-0.15, -0.1) is 0 Å². The van der Waals surface area contributed by atoms with Gasteiger partial charge in [-0.3, -0.25) is 14.5 Å². The molecule has 2 atom stereocenters. The van der Waals surface area contributed by atoms with E-state index in [9.17, 15) is 9.59 Å². The Bertz CT molecular complexity index is 544. The molecule has 6 nitrogen and oxygen atoms in total. The molecule has 2 saturated heterocycles. The van der Waals surface area contributed by atoms with Crippen molar-refractivity contribution in [3.63, 3.8) is 0 Å². The number of hydrogen-bond donors (Lipinski definition) is 2.